The van der Waals surface area contributed by atoms with Crippen LogP contribution in [0.3, 0.4) is 0 Å². The maximum Gasteiger partial charge on any atom is 0.258 e. The van der Waals surface area contributed by atoms with Crippen LogP contribution in [0.4, 0.5) is 5.69 Å². The number of likely N-dealkylation sites (tertiary alicyclic amines) is 1. The quantitative estimate of drug-likeness (QED) is 0.609. The molecule has 9 heteroatoms. The topological polar surface area (TPSA) is 105 Å². The van der Waals surface area contributed by atoms with Crippen molar-refractivity contribution in [2.75, 3.05) is 12.4 Å². The molecule has 2 N–H and O–H groups in total. The zero-order chi connectivity index (χ0) is 24.6. The number of methoxy groups -OCH3 is 1. The van der Waals surface area contributed by atoms with Crippen LogP contribution in [-0.2, 0) is 14.8 Å². The summed E-state index contributed by atoms with van der Waals surface area (Å²) in [6.45, 7) is 0. The fourth-order valence-electron chi connectivity index (χ4n) is 5.40. The van der Waals surface area contributed by atoms with Gasteiger partial charge in [0.1, 0.15) is 11.8 Å². The van der Waals surface area contributed by atoms with E-state index in [9.17, 15) is 18.0 Å². The molecule has 0 bridgehead atoms. The molecule has 2 aromatic carbocycles. The fourth-order valence-corrected chi connectivity index (χ4v) is 6.75. The van der Waals surface area contributed by atoms with Gasteiger partial charge in [-0.2, -0.15) is 0 Å². The number of hydrogen-bond acceptors (Lipinski definition) is 5. The second kappa shape index (κ2) is 9.62. The Morgan fingerprint density at radius 1 is 1.00 bits per heavy atom. The van der Waals surface area contributed by atoms with Crippen LogP contribution in [0.1, 0.15) is 55.3 Å². The minimum absolute atomic E-state index is 0.00497. The lowest BCUT2D eigenvalue weighted by Crippen LogP contribution is -2.48. The van der Waals surface area contributed by atoms with Gasteiger partial charge in [0.25, 0.3) is 5.91 Å². The van der Waals surface area contributed by atoms with E-state index in [-0.39, 0.29) is 34.7 Å². The lowest BCUT2D eigenvalue weighted by Gasteiger charge is -2.34. The van der Waals surface area contributed by atoms with Crippen molar-refractivity contribution in [3.8, 4) is 5.75 Å². The predicted octanol–water partition coefficient (Wildman–Crippen LogP) is 3.55. The number of amides is 2. The second-order valence-corrected chi connectivity index (χ2v) is 11.4. The van der Waals surface area contributed by atoms with Crippen LogP contribution < -0.4 is 14.8 Å². The van der Waals surface area contributed by atoms with Crippen molar-refractivity contribution >= 4 is 27.5 Å². The van der Waals surface area contributed by atoms with Crippen LogP contribution in [-0.4, -0.2) is 50.4 Å². The summed E-state index contributed by atoms with van der Waals surface area (Å²) in [7, 11) is -2.11. The van der Waals surface area contributed by atoms with Gasteiger partial charge in [0.15, 0.2) is 0 Å². The SMILES string of the molecule is COc1ccccc1C(=O)N1C(C(=O)Nc2cccc(S(=O)(=O)NC3CC3)c2)CC2CCCCC21. The van der Waals surface area contributed by atoms with Crippen LogP contribution in [0.15, 0.2) is 53.4 Å². The maximum absolute atomic E-state index is 13.7. The number of ether oxygens (including phenoxy) is 1. The number of fused-ring (bicyclic) bond motifs is 1. The summed E-state index contributed by atoms with van der Waals surface area (Å²) in [5, 5.41) is 2.88. The highest BCUT2D eigenvalue weighted by atomic mass is 32.2. The van der Waals surface area contributed by atoms with Gasteiger partial charge >= 0.3 is 0 Å². The van der Waals surface area contributed by atoms with E-state index in [0.29, 0.717) is 23.4 Å². The first-order chi connectivity index (χ1) is 16.9. The molecule has 3 aliphatic rings. The molecule has 2 aromatic rings. The number of para-hydroxylation sites is 1. The van der Waals surface area contributed by atoms with Gasteiger partial charge in [-0.25, -0.2) is 13.1 Å². The molecule has 0 aromatic heterocycles. The van der Waals surface area contributed by atoms with Crippen LogP contribution in [0.5, 0.6) is 5.75 Å². The Hall–Kier alpha value is -2.91. The van der Waals surface area contributed by atoms with E-state index in [1.54, 1.807) is 35.2 Å². The van der Waals surface area contributed by atoms with Crippen molar-refractivity contribution < 1.29 is 22.7 Å². The molecule has 0 spiro atoms. The van der Waals surface area contributed by atoms with Crippen molar-refractivity contribution in [1.82, 2.24) is 9.62 Å². The Bertz CT molecular complexity index is 1230. The maximum atomic E-state index is 13.7. The highest BCUT2D eigenvalue weighted by Gasteiger charge is 2.48. The summed E-state index contributed by atoms with van der Waals surface area (Å²) >= 11 is 0. The highest BCUT2D eigenvalue weighted by molar-refractivity contribution is 7.89. The van der Waals surface area contributed by atoms with Gasteiger partial charge in [-0.05, 0) is 68.4 Å². The van der Waals surface area contributed by atoms with E-state index >= 15 is 0 Å². The van der Waals surface area contributed by atoms with E-state index in [1.165, 1.54) is 19.2 Å². The van der Waals surface area contributed by atoms with Crippen molar-refractivity contribution in [3.63, 3.8) is 0 Å². The minimum atomic E-state index is -3.64. The van der Waals surface area contributed by atoms with Crippen molar-refractivity contribution in [2.45, 2.75) is 68.0 Å². The van der Waals surface area contributed by atoms with E-state index in [4.69, 9.17) is 4.74 Å². The predicted molar refractivity (Wildman–Crippen MR) is 132 cm³/mol. The Balaban J connectivity index is 1.40. The summed E-state index contributed by atoms with van der Waals surface area (Å²) < 4.78 is 33.3. The molecule has 8 nitrogen and oxygen atoms in total. The number of rotatable bonds is 7. The molecule has 2 saturated carbocycles. The van der Waals surface area contributed by atoms with Gasteiger partial charge in [0, 0.05) is 17.8 Å². The molecule has 2 aliphatic carbocycles. The average molecular weight is 498 g/mol. The molecular formula is C26H31N3O5S. The number of sulfonamides is 1. The van der Waals surface area contributed by atoms with Gasteiger partial charge in [-0.1, -0.05) is 31.0 Å². The molecule has 3 atom stereocenters. The van der Waals surface area contributed by atoms with Crippen molar-refractivity contribution in [1.29, 1.82) is 0 Å². The standard InChI is InChI=1S/C26H31N3O5S/c1-34-24-12-5-3-10-21(24)26(31)29-22-11-4-2-7-17(22)15-23(29)25(30)27-19-8-6-9-20(16-19)35(32,33)28-18-13-14-18/h3,5-6,8-10,12,16-18,22-23,28H,2,4,7,11,13-15H2,1H3,(H,27,30). The average Bonchev–Trinajstić information content (AvgIpc) is 3.58. The summed E-state index contributed by atoms with van der Waals surface area (Å²) in [6.07, 6.45) is 6.27. The third kappa shape index (κ3) is 4.92. The smallest absolute Gasteiger partial charge is 0.258 e. The van der Waals surface area contributed by atoms with Crippen LogP contribution in [0.2, 0.25) is 0 Å². The van der Waals surface area contributed by atoms with Gasteiger partial charge in [0.2, 0.25) is 15.9 Å². The Labute approximate surface area is 206 Å². The third-order valence-electron chi connectivity index (χ3n) is 7.27. The first-order valence-electron chi connectivity index (χ1n) is 12.3. The largest absolute Gasteiger partial charge is 0.496 e. The Morgan fingerprint density at radius 2 is 1.77 bits per heavy atom. The molecule has 186 valence electrons. The number of nitrogens with zero attached hydrogens (tertiary/aromatic N) is 1. The molecule has 1 aliphatic heterocycles. The third-order valence-corrected chi connectivity index (χ3v) is 8.79. The summed E-state index contributed by atoms with van der Waals surface area (Å²) in [4.78, 5) is 29.1. The molecule has 5 rings (SSSR count). The van der Waals surface area contributed by atoms with E-state index in [2.05, 4.69) is 10.0 Å². The first-order valence-corrected chi connectivity index (χ1v) is 13.7. The monoisotopic (exact) mass is 497 g/mol. The van der Waals surface area contributed by atoms with E-state index < -0.39 is 16.1 Å². The number of hydrogen-bond donors (Lipinski definition) is 2. The van der Waals surface area contributed by atoms with Gasteiger partial charge < -0.3 is 15.0 Å². The number of carbonyl (C=O) groups excluding carboxylic acids is 2. The molecule has 3 unspecified atom stereocenters. The fraction of sp³-hybridized carbons (Fsp3) is 0.462. The molecule has 3 fully saturated rings. The highest BCUT2D eigenvalue weighted by Crippen LogP contribution is 2.41. The summed E-state index contributed by atoms with van der Waals surface area (Å²) in [6, 6.07) is 12.7. The van der Waals surface area contributed by atoms with E-state index in [1.807, 2.05) is 6.07 Å². The number of carbonyl (C=O) groups is 2. The normalized spacial score (nSPS) is 24.0. The molecule has 1 heterocycles. The summed E-state index contributed by atoms with van der Waals surface area (Å²) in [5.74, 6) is 0.249. The lowest BCUT2D eigenvalue weighted by molar-refractivity contribution is -0.120. The Kier molecular flexibility index (Phi) is 6.55. The zero-order valence-electron chi connectivity index (χ0n) is 19.8. The molecule has 2 amide bonds. The second-order valence-electron chi connectivity index (χ2n) is 9.69. The number of anilines is 1. The van der Waals surface area contributed by atoms with Gasteiger partial charge in [0.05, 0.1) is 17.6 Å². The van der Waals surface area contributed by atoms with Crippen LogP contribution >= 0.6 is 0 Å². The molecule has 35 heavy (non-hydrogen) atoms. The number of benzene rings is 2. The Morgan fingerprint density at radius 3 is 2.54 bits per heavy atom. The van der Waals surface area contributed by atoms with E-state index in [0.717, 1.165) is 38.5 Å². The van der Waals surface area contributed by atoms with Crippen LogP contribution in [0, 0.1) is 5.92 Å². The zero-order valence-corrected chi connectivity index (χ0v) is 20.6. The summed E-state index contributed by atoms with van der Waals surface area (Å²) in [5.41, 5.74) is 0.839. The van der Waals surface area contributed by atoms with Gasteiger partial charge in [-0.3, -0.25) is 9.59 Å². The van der Waals surface area contributed by atoms with Gasteiger partial charge in [-0.15, -0.1) is 0 Å². The van der Waals surface area contributed by atoms with Crippen molar-refractivity contribution in [3.05, 3.63) is 54.1 Å². The number of nitrogens with one attached hydrogen (secondary N) is 2. The van der Waals surface area contributed by atoms with Crippen LogP contribution in [0.25, 0.3) is 0 Å². The molecule has 1 saturated heterocycles. The first kappa shape index (κ1) is 23.8. The molecule has 0 radical (unpaired) electrons. The van der Waals surface area contributed by atoms with Crippen molar-refractivity contribution in [2.24, 2.45) is 5.92 Å². The lowest BCUT2D eigenvalue weighted by atomic mass is 9.84. The minimum Gasteiger partial charge on any atom is -0.496 e. The molecular weight excluding hydrogens is 466 g/mol.